The van der Waals surface area contributed by atoms with Gasteiger partial charge in [0, 0.05) is 39.1 Å². The van der Waals surface area contributed by atoms with Crippen LogP contribution in [0.1, 0.15) is 154 Å². The Bertz CT molecular complexity index is 3650. The number of amides is 12. The first-order valence-corrected chi connectivity index (χ1v) is 39.5. The first kappa shape index (κ1) is 99.5. The maximum absolute atomic E-state index is 15.1. The fourth-order valence-corrected chi connectivity index (χ4v) is 12.5. The quantitative estimate of drug-likeness (QED) is 0.0166. The molecule has 1 fully saturated rings. The molecule has 2 aromatic rings. The van der Waals surface area contributed by atoms with Gasteiger partial charge in [0.25, 0.3) is 0 Å². The molecule has 0 bridgehead atoms. The van der Waals surface area contributed by atoms with Gasteiger partial charge in [0.15, 0.2) is 23.8 Å². The third-order valence-corrected chi connectivity index (χ3v) is 18.5. The van der Waals surface area contributed by atoms with Crippen molar-refractivity contribution >= 4 is 101 Å². The number of unbranched alkanes of at least 4 members (excludes halogenated alkanes) is 2. The number of nitrogens with one attached hydrogen (secondary N) is 11. The molecular formula is C75H127N27O15. The van der Waals surface area contributed by atoms with E-state index in [9.17, 15) is 58.2 Å². The highest BCUT2D eigenvalue weighted by Gasteiger charge is 2.41. The average Bonchev–Trinajstić information content (AvgIpc) is 1.73. The van der Waals surface area contributed by atoms with E-state index >= 15 is 14.4 Å². The summed E-state index contributed by atoms with van der Waals surface area (Å²) >= 11 is 0. The molecule has 42 heteroatoms. The molecular weight excluding hydrogens is 1520 g/mol. The van der Waals surface area contributed by atoms with Crippen molar-refractivity contribution in [2.75, 3.05) is 58.9 Å². The molecule has 117 heavy (non-hydrogen) atoms. The lowest BCUT2D eigenvalue weighted by molar-refractivity contribution is -0.143. The molecule has 0 radical (unpaired) electrons. The van der Waals surface area contributed by atoms with Gasteiger partial charge >= 0.3 is 5.97 Å². The average molecular weight is 1650 g/mol. The number of carboxylic acid groups (broad SMARTS) is 1. The fraction of sp³-hybridized carbons (Fsp3) is 0.613. The number of phenolic OH excluding ortho intramolecular Hbond substituents is 1. The highest BCUT2D eigenvalue weighted by molar-refractivity contribution is 6.00. The number of likely N-dealkylation sites (tertiary alicyclic amines) is 1. The monoisotopic (exact) mass is 1650 g/mol. The maximum Gasteiger partial charge on any atom is 0.326 e. The Hall–Kier alpha value is -11.7. The first-order chi connectivity index (χ1) is 55.5. The van der Waals surface area contributed by atoms with Crippen LogP contribution in [0.5, 0.6) is 5.75 Å². The molecule has 11 atom stereocenters. The predicted octanol–water partition coefficient (Wildman–Crippen LogP) is -6.26. The summed E-state index contributed by atoms with van der Waals surface area (Å²) < 4.78 is 0. The van der Waals surface area contributed by atoms with Crippen LogP contribution in [0.3, 0.4) is 0 Å². The molecule has 1 aliphatic rings. The molecule has 652 valence electrons. The third kappa shape index (κ3) is 40.4. The lowest BCUT2D eigenvalue weighted by Gasteiger charge is -2.31. The van der Waals surface area contributed by atoms with Crippen molar-refractivity contribution < 1.29 is 72.5 Å². The largest absolute Gasteiger partial charge is 0.508 e. The number of hydrogen-bond acceptors (Lipinski definition) is 21. The number of nitrogens with zero attached hydrogens (tertiary/aromatic N) is 5. The van der Waals surface area contributed by atoms with Crippen LogP contribution in [0, 0.1) is 11.8 Å². The van der Waals surface area contributed by atoms with E-state index in [1.165, 1.54) is 17.0 Å². The first-order valence-electron chi connectivity index (χ1n) is 39.5. The molecule has 0 spiro atoms. The molecule has 35 N–H and O–H groups in total. The zero-order chi connectivity index (χ0) is 87.1. The SMILES string of the molecule is CC(C)CC(NC(=O)C(CCCCN)NC(=O)C1CCCN1C(=O)C(CCCN=C(N)N)NC(=O)C(CCCN=C(N)N)NC(=O)C(CCCN=C(N)N)NC(=O)C(CCCN=C(N)N)NC(=O)C(CC(C)C)NC(=O)C(Cc1ccccc1)NC(=O)CNC(=O)CNC(=O)C(N)Cc1ccc(O)cc1)C(=O)NC(CCCCN)C(=O)O. The summed E-state index contributed by atoms with van der Waals surface area (Å²) in [6.07, 6.45) is 1.80. The van der Waals surface area contributed by atoms with Crippen molar-refractivity contribution in [3.63, 3.8) is 0 Å². The summed E-state index contributed by atoms with van der Waals surface area (Å²) in [5, 5.41) is 48.6. The van der Waals surface area contributed by atoms with Gasteiger partial charge in [-0.05, 0) is 170 Å². The van der Waals surface area contributed by atoms with Crippen LogP contribution in [0.25, 0.3) is 0 Å². The molecule has 42 nitrogen and oxygen atoms in total. The van der Waals surface area contributed by atoms with Crippen LogP contribution in [0.4, 0.5) is 0 Å². The number of carbonyl (C=O) groups is 13. The highest BCUT2D eigenvalue weighted by atomic mass is 16.4. The Balaban J connectivity index is 2.02. The van der Waals surface area contributed by atoms with Gasteiger partial charge < -0.3 is 137 Å². The van der Waals surface area contributed by atoms with E-state index in [1.807, 2.05) is 0 Å². The minimum Gasteiger partial charge on any atom is -0.508 e. The highest BCUT2D eigenvalue weighted by Crippen LogP contribution is 2.22. The van der Waals surface area contributed by atoms with Gasteiger partial charge in [-0.1, -0.05) is 70.2 Å². The van der Waals surface area contributed by atoms with Crippen LogP contribution < -0.4 is 122 Å². The van der Waals surface area contributed by atoms with Gasteiger partial charge in [-0.15, -0.1) is 0 Å². The second kappa shape index (κ2) is 54.2. The number of carbonyl (C=O) groups excluding carboxylic acids is 12. The normalized spacial score (nSPS) is 14.9. The number of rotatable bonds is 56. The topological polar surface area (TPSA) is 734 Å². The van der Waals surface area contributed by atoms with Gasteiger partial charge in [0.2, 0.25) is 70.9 Å². The third-order valence-electron chi connectivity index (χ3n) is 18.5. The smallest absolute Gasteiger partial charge is 0.326 e. The van der Waals surface area contributed by atoms with Crippen molar-refractivity contribution in [1.82, 2.24) is 63.4 Å². The number of guanidine groups is 4. The molecule has 0 aromatic heterocycles. The van der Waals surface area contributed by atoms with Gasteiger partial charge in [-0.3, -0.25) is 77.5 Å². The number of phenols is 1. The van der Waals surface area contributed by atoms with E-state index in [0.29, 0.717) is 49.8 Å². The molecule has 11 unspecified atom stereocenters. The van der Waals surface area contributed by atoms with Gasteiger partial charge in [-0.2, -0.15) is 0 Å². The molecule has 2 aromatic carbocycles. The molecule has 3 rings (SSSR count). The number of carboxylic acids is 1. The van der Waals surface area contributed by atoms with Crippen LogP contribution in [-0.4, -0.2) is 241 Å². The molecule has 1 aliphatic heterocycles. The van der Waals surface area contributed by atoms with E-state index < -0.39 is 156 Å². The number of nitrogens with two attached hydrogens (primary N) is 11. The second-order valence-electron chi connectivity index (χ2n) is 29.4. The molecule has 0 saturated carbocycles. The Morgan fingerprint density at radius 1 is 0.419 bits per heavy atom. The van der Waals surface area contributed by atoms with Crippen LogP contribution in [0.15, 0.2) is 74.6 Å². The number of benzene rings is 2. The fourth-order valence-electron chi connectivity index (χ4n) is 12.5. The lowest BCUT2D eigenvalue weighted by Crippen LogP contribution is -2.60. The van der Waals surface area contributed by atoms with E-state index in [-0.39, 0.29) is 177 Å². The number of hydrogen-bond donors (Lipinski definition) is 24. The molecule has 12 amide bonds. The summed E-state index contributed by atoms with van der Waals surface area (Å²) in [6, 6.07) is -0.240. The Morgan fingerprint density at radius 2 is 0.786 bits per heavy atom. The summed E-state index contributed by atoms with van der Waals surface area (Å²) in [5.41, 5.74) is 64.0. The Kier molecular flexibility index (Phi) is 46.1. The standard InChI is InChI=1S/C75H127N27O15/c1-43(2)37-55(101-68(113)57(40-45-17-6-5-7-18-45)93-60(105)42-91-59(104)41-92-61(106)48(78)39-46-26-28-47(103)29-27-46)66(111)96-51(22-13-33-88-73(81)82)63(108)94-50(21-12-32-87-72(79)80)62(107)95-52(23-14-34-89-74(83)84)64(109)98-53(24-15-35-90-75(85)86)70(115)102-36-16-25-58(102)69(114)97-49(19-8-10-30-76)65(110)100-56(38-44(3)4)67(112)99-54(71(116)117)20-9-11-31-77/h5-7,17-18,26-29,43-44,48-58,103H,8-16,19-25,30-42,76-78H2,1-4H3,(H,91,104)(H,92,106)(H,93,105)(H,94,108)(H,95,107)(H,96,111)(H,97,114)(H,98,109)(H,99,112)(H,100,110)(H,101,113)(H,116,117)(H4,79,80,87)(H4,81,82,88)(H4,83,84,89)(H4,85,86,90). The van der Waals surface area contributed by atoms with E-state index in [1.54, 1.807) is 70.2 Å². The summed E-state index contributed by atoms with van der Waals surface area (Å²) in [6.45, 7) is 6.31. The van der Waals surface area contributed by atoms with Gasteiger partial charge in [-0.25, -0.2) is 4.79 Å². The second-order valence-corrected chi connectivity index (χ2v) is 29.4. The number of aliphatic imine (C=N–C) groups is 4. The van der Waals surface area contributed by atoms with Crippen LogP contribution in [0.2, 0.25) is 0 Å². The Labute approximate surface area is 681 Å². The van der Waals surface area contributed by atoms with Crippen molar-refractivity contribution in [3.05, 3.63) is 65.7 Å². The van der Waals surface area contributed by atoms with Crippen LogP contribution in [-0.2, 0) is 75.2 Å². The van der Waals surface area contributed by atoms with Gasteiger partial charge in [0.1, 0.15) is 66.2 Å². The van der Waals surface area contributed by atoms with Crippen molar-refractivity contribution in [2.45, 2.75) is 223 Å². The molecule has 1 saturated heterocycles. The van der Waals surface area contributed by atoms with E-state index in [2.05, 4.69) is 78.5 Å². The summed E-state index contributed by atoms with van der Waals surface area (Å²) in [5.74, 6) is -12.6. The number of aliphatic carboxylic acids is 1. The number of aromatic hydroxyl groups is 1. The minimum absolute atomic E-state index is 0.00444. The summed E-state index contributed by atoms with van der Waals surface area (Å²) in [7, 11) is 0. The predicted molar refractivity (Wildman–Crippen MR) is 440 cm³/mol. The van der Waals surface area contributed by atoms with Crippen molar-refractivity contribution in [2.24, 2.45) is 94.9 Å². The minimum atomic E-state index is -1.55. The van der Waals surface area contributed by atoms with Gasteiger partial charge in [0.05, 0.1) is 19.1 Å². The molecule has 0 aliphatic carbocycles. The van der Waals surface area contributed by atoms with E-state index in [0.717, 1.165) is 0 Å². The molecule has 1 heterocycles. The van der Waals surface area contributed by atoms with E-state index in [4.69, 9.17) is 63.1 Å². The lowest BCUT2D eigenvalue weighted by atomic mass is 10.00. The van der Waals surface area contributed by atoms with Crippen molar-refractivity contribution in [3.8, 4) is 5.75 Å². The Morgan fingerprint density at radius 3 is 1.21 bits per heavy atom. The summed E-state index contributed by atoms with van der Waals surface area (Å²) in [4.78, 5) is 201. The maximum atomic E-state index is 15.1. The zero-order valence-corrected chi connectivity index (χ0v) is 67.5. The van der Waals surface area contributed by atoms with Crippen molar-refractivity contribution in [1.29, 1.82) is 0 Å². The van der Waals surface area contributed by atoms with Crippen LogP contribution >= 0.6 is 0 Å². The zero-order valence-electron chi connectivity index (χ0n) is 67.5.